The van der Waals surface area contributed by atoms with Gasteiger partial charge in [-0.2, -0.15) is 0 Å². The maximum atomic E-state index is 13.1. The number of benzene rings is 1. The Bertz CT molecular complexity index is 316. The van der Waals surface area contributed by atoms with E-state index in [-0.39, 0.29) is 10.0 Å². The number of carbonyl (C=O) groups excluding carboxylic acids is 1. The van der Waals surface area contributed by atoms with E-state index in [0.29, 0.717) is 0 Å². The summed E-state index contributed by atoms with van der Waals surface area (Å²) in [5.41, 5.74) is 1.77. The predicted octanol–water partition coefficient (Wildman–Crippen LogP) is 1.19. The maximum Gasteiger partial charge on any atom is 0.268 e. The van der Waals surface area contributed by atoms with Gasteiger partial charge in [0.05, 0.1) is 10.0 Å². The van der Waals surface area contributed by atoms with E-state index in [1.54, 1.807) is 6.07 Å². The first-order valence-electron chi connectivity index (χ1n) is 3.11. The topological polar surface area (TPSA) is 55.1 Å². The van der Waals surface area contributed by atoms with Gasteiger partial charge in [0.15, 0.2) is 0 Å². The number of hydrogen-bond acceptors (Lipinski definition) is 2. The first-order chi connectivity index (χ1) is 5.66. The highest BCUT2D eigenvalue weighted by Crippen LogP contribution is 2.17. The Balaban J connectivity index is 3.16. The highest BCUT2D eigenvalue weighted by Gasteiger charge is 2.11. The normalized spacial score (nSPS) is 9.58. The third-order valence-electron chi connectivity index (χ3n) is 1.33. The smallest absolute Gasteiger partial charge is 0.268 e. The van der Waals surface area contributed by atoms with Crippen LogP contribution in [0.4, 0.5) is 4.39 Å². The number of hydrogen-bond donors (Lipinski definition) is 2. The average molecular weight is 233 g/mol. The Labute approximate surface area is 76.9 Å². The van der Waals surface area contributed by atoms with Crippen LogP contribution in [0.5, 0.6) is 0 Å². The summed E-state index contributed by atoms with van der Waals surface area (Å²) in [6.45, 7) is 0. The molecule has 0 saturated carbocycles. The molecule has 1 aromatic carbocycles. The molecule has 1 aromatic rings. The molecule has 0 unspecified atom stereocenters. The van der Waals surface area contributed by atoms with Crippen LogP contribution in [-0.4, -0.2) is 5.91 Å². The molecule has 0 saturated heterocycles. The summed E-state index contributed by atoms with van der Waals surface area (Å²) in [4.78, 5) is 10.9. The quantitative estimate of drug-likeness (QED) is 0.435. The Morgan fingerprint density at radius 1 is 1.58 bits per heavy atom. The molecule has 0 bridgehead atoms. The first-order valence-corrected chi connectivity index (χ1v) is 3.91. The molecule has 64 valence electrons. The van der Waals surface area contributed by atoms with E-state index in [1.165, 1.54) is 12.1 Å². The molecule has 1 amide bonds. The van der Waals surface area contributed by atoms with Crippen molar-refractivity contribution in [1.82, 2.24) is 5.43 Å². The second-order valence-corrected chi connectivity index (χ2v) is 2.93. The summed E-state index contributed by atoms with van der Waals surface area (Å²) >= 11 is 2.95. The number of hydrazine groups is 1. The second kappa shape index (κ2) is 3.64. The number of nitrogen functional groups attached to an aromatic ring is 1. The highest BCUT2D eigenvalue weighted by molar-refractivity contribution is 9.10. The number of rotatable bonds is 1. The molecule has 0 heterocycles. The van der Waals surface area contributed by atoms with Crippen molar-refractivity contribution in [3.63, 3.8) is 0 Å². The fourth-order valence-electron chi connectivity index (χ4n) is 0.757. The molecular weight excluding hydrogens is 227 g/mol. The van der Waals surface area contributed by atoms with Gasteiger partial charge in [0, 0.05) is 0 Å². The van der Waals surface area contributed by atoms with Gasteiger partial charge in [-0.1, -0.05) is 6.07 Å². The third-order valence-corrected chi connectivity index (χ3v) is 1.94. The van der Waals surface area contributed by atoms with Crippen molar-refractivity contribution in [3.8, 4) is 0 Å². The highest BCUT2D eigenvalue weighted by atomic mass is 79.9. The van der Waals surface area contributed by atoms with Gasteiger partial charge >= 0.3 is 0 Å². The van der Waals surface area contributed by atoms with Crippen molar-refractivity contribution in [1.29, 1.82) is 0 Å². The molecule has 1 rings (SSSR count). The van der Waals surface area contributed by atoms with Crippen molar-refractivity contribution in [2.75, 3.05) is 0 Å². The molecule has 5 heteroatoms. The SMILES string of the molecule is NNC(=O)c1cccc(Br)c1F. The van der Waals surface area contributed by atoms with Gasteiger partial charge in [-0.15, -0.1) is 0 Å². The van der Waals surface area contributed by atoms with E-state index in [9.17, 15) is 9.18 Å². The Hall–Kier alpha value is -0.940. The zero-order valence-corrected chi connectivity index (χ0v) is 7.56. The van der Waals surface area contributed by atoms with Gasteiger partial charge < -0.3 is 0 Å². The lowest BCUT2D eigenvalue weighted by molar-refractivity contribution is 0.0949. The molecule has 0 aromatic heterocycles. The molecule has 0 aliphatic heterocycles. The fraction of sp³-hybridized carbons (Fsp3) is 0. The summed E-state index contributed by atoms with van der Waals surface area (Å²) < 4.78 is 13.3. The summed E-state index contributed by atoms with van der Waals surface area (Å²) in [5.74, 6) is 3.59. The molecule has 3 N–H and O–H groups in total. The Morgan fingerprint density at radius 2 is 2.25 bits per heavy atom. The van der Waals surface area contributed by atoms with E-state index in [2.05, 4.69) is 15.9 Å². The van der Waals surface area contributed by atoms with E-state index in [1.807, 2.05) is 5.43 Å². The Morgan fingerprint density at radius 3 is 2.83 bits per heavy atom. The van der Waals surface area contributed by atoms with Crippen LogP contribution in [0.15, 0.2) is 22.7 Å². The lowest BCUT2D eigenvalue weighted by Gasteiger charge is -2.01. The van der Waals surface area contributed by atoms with Gasteiger partial charge in [-0.05, 0) is 28.1 Å². The van der Waals surface area contributed by atoms with Crippen LogP contribution in [0, 0.1) is 5.82 Å². The fourth-order valence-corrected chi connectivity index (χ4v) is 1.12. The molecule has 0 radical (unpaired) electrons. The maximum absolute atomic E-state index is 13.1. The number of amides is 1. The third kappa shape index (κ3) is 1.62. The summed E-state index contributed by atoms with van der Waals surface area (Å²) in [6, 6.07) is 4.41. The van der Waals surface area contributed by atoms with Crippen LogP contribution in [0.2, 0.25) is 0 Å². The molecule has 0 aliphatic carbocycles. The van der Waals surface area contributed by atoms with Crippen LogP contribution < -0.4 is 11.3 Å². The number of nitrogens with two attached hydrogens (primary N) is 1. The zero-order chi connectivity index (χ0) is 9.14. The van der Waals surface area contributed by atoms with Crippen LogP contribution in [0.25, 0.3) is 0 Å². The van der Waals surface area contributed by atoms with Gasteiger partial charge in [0.1, 0.15) is 5.82 Å². The molecule has 0 atom stereocenters. The van der Waals surface area contributed by atoms with Crippen LogP contribution >= 0.6 is 15.9 Å². The van der Waals surface area contributed by atoms with Crippen LogP contribution in [0.3, 0.4) is 0 Å². The molecule has 0 aliphatic rings. The number of nitrogens with one attached hydrogen (secondary N) is 1. The van der Waals surface area contributed by atoms with Crippen molar-refractivity contribution >= 4 is 21.8 Å². The average Bonchev–Trinajstić information content (AvgIpc) is 2.08. The lowest BCUT2D eigenvalue weighted by Crippen LogP contribution is -2.30. The summed E-state index contributed by atoms with van der Waals surface area (Å²) in [6.07, 6.45) is 0. The predicted molar refractivity (Wildman–Crippen MR) is 45.8 cm³/mol. The molecule has 12 heavy (non-hydrogen) atoms. The molecule has 3 nitrogen and oxygen atoms in total. The summed E-state index contributed by atoms with van der Waals surface area (Å²) in [5, 5.41) is 0. The molecule has 0 fully saturated rings. The van der Waals surface area contributed by atoms with Crippen molar-refractivity contribution in [2.24, 2.45) is 5.84 Å². The standard InChI is InChI=1S/C7H6BrFN2O/c8-5-3-1-2-4(6(5)9)7(12)11-10/h1-3H,10H2,(H,11,12). The number of halogens is 2. The minimum atomic E-state index is -0.645. The zero-order valence-electron chi connectivity index (χ0n) is 5.97. The Kier molecular flexibility index (Phi) is 2.78. The number of carbonyl (C=O) groups is 1. The van der Waals surface area contributed by atoms with Gasteiger partial charge in [0.25, 0.3) is 5.91 Å². The van der Waals surface area contributed by atoms with Crippen molar-refractivity contribution in [2.45, 2.75) is 0 Å². The van der Waals surface area contributed by atoms with E-state index in [4.69, 9.17) is 5.84 Å². The summed E-state index contributed by atoms with van der Waals surface area (Å²) in [7, 11) is 0. The monoisotopic (exact) mass is 232 g/mol. The van der Waals surface area contributed by atoms with Gasteiger partial charge in [-0.3, -0.25) is 10.2 Å². The van der Waals surface area contributed by atoms with E-state index in [0.717, 1.165) is 0 Å². The largest absolute Gasteiger partial charge is 0.290 e. The van der Waals surface area contributed by atoms with E-state index < -0.39 is 11.7 Å². The molecular formula is C7H6BrFN2O. The van der Waals surface area contributed by atoms with Crippen molar-refractivity contribution < 1.29 is 9.18 Å². The van der Waals surface area contributed by atoms with Crippen LogP contribution in [-0.2, 0) is 0 Å². The van der Waals surface area contributed by atoms with Crippen LogP contribution in [0.1, 0.15) is 10.4 Å². The van der Waals surface area contributed by atoms with Crippen molar-refractivity contribution in [3.05, 3.63) is 34.1 Å². The van der Waals surface area contributed by atoms with Gasteiger partial charge in [0.2, 0.25) is 0 Å². The lowest BCUT2D eigenvalue weighted by atomic mass is 10.2. The minimum Gasteiger partial charge on any atom is -0.290 e. The minimum absolute atomic E-state index is 0.0770. The first kappa shape index (κ1) is 9.15. The molecule has 0 spiro atoms. The second-order valence-electron chi connectivity index (χ2n) is 2.07. The van der Waals surface area contributed by atoms with Gasteiger partial charge in [-0.25, -0.2) is 10.2 Å². The van der Waals surface area contributed by atoms with E-state index >= 15 is 0 Å².